The summed E-state index contributed by atoms with van der Waals surface area (Å²) < 4.78 is 29.3. The Bertz CT molecular complexity index is 938. The highest BCUT2D eigenvalue weighted by Gasteiger charge is 2.29. The lowest BCUT2D eigenvalue weighted by Crippen LogP contribution is -2.41. The molecular formula is C22H34IN5O2S. The summed E-state index contributed by atoms with van der Waals surface area (Å²) in [5, 5.41) is 3.37. The molecule has 1 saturated heterocycles. The van der Waals surface area contributed by atoms with Crippen molar-refractivity contribution >= 4 is 40.0 Å². The van der Waals surface area contributed by atoms with Crippen LogP contribution in [0.3, 0.4) is 0 Å². The number of hydrogen-bond donors (Lipinski definition) is 1. The molecule has 9 heteroatoms. The summed E-state index contributed by atoms with van der Waals surface area (Å²) in [6, 6.07) is 12.9. The smallest absolute Gasteiger partial charge is 0.243 e. The molecule has 0 unspecified atom stereocenters. The van der Waals surface area contributed by atoms with Crippen LogP contribution in [0, 0.1) is 5.92 Å². The van der Waals surface area contributed by atoms with Gasteiger partial charge in [0, 0.05) is 52.2 Å². The topological polar surface area (TPSA) is 69.9 Å². The summed E-state index contributed by atoms with van der Waals surface area (Å²) in [5.41, 5.74) is 1.22. The van der Waals surface area contributed by atoms with Crippen molar-refractivity contribution in [2.24, 2.45) is 18.0 Å². The van der Waals surface area contributed by atoms with Gasteiger partial charge in [-0.25, -0.2) is 8.42 Å². The van der Waals surface area contributed by atoms with E-state index < -0.39 is 10.0 Å². The van der Waals surface area contributed by atoms with Crippen LogP contribution in [-0.2, 0) is 23.6 Å². The summed E-state index contributed by atoms with van der Waals surface area (Å²) >= 11 is 0. The van der Waals surface area contributed by atoms with E-state index in [1.165, 1.54) is 5.69 Å². The van der Waals surface area contributed by atoms with Crippen molar-refractivity contribution in [2.45, 2.75) is 31.2 Å². The van der Waals surface area contributed by atoms with Crippen LogP contribution >= 0.6 is 24.0 Å². The van der Waals surface area contributed by atoms with E-state index in [9.17, 15) is 8.42 Å². The summed E-state index contributed by atoms with van der Waals surface area (Å²) in [5.74, 6) is 1.28. The van der Waals surface area contributed by atoms with E-state index >= 15 is 0 Å². The summed E-state index contributed by atoms with van der Waals surface area (Å²) in [4.78, 5) is 7.35. The lowest BCUT2D eigenvalue weighted by molar-refractivity contribution is 0.278. The van der Waals surface area contributed by atoms with Gasteiger partial charge in [0.15, 0.2) is 5.96 Å². The van der Waals surface area contributed by atoms with Gasteiger partial charge in [-0.2, -0.15) is 4.31 Å². The molecular weight excluding hydrogens is 525 g/mol. The fourth-order valence-corrected chi connectivity index (χ4v) is 5.23. The van der Waals surface area contributed by atoms with Crippen LogP contribution < -0.4 is 5.32 Å². The molecule has 0 saturated carbocycles. The second-order valence-corrected chi connectivity index (χ2v) is 9.76. The number of benzene rings is 1. The quantitative estimate of drug-likeness (QED) is 0.322. The second kappa shape index (κ2) is 11.9. The number of aryl methyl sites for hydroxylation is 1. The van der Waals surface area contributed by atoms with Gasteiger partial charge in [0.25, 0.3) is 0 Å². The number of nitrogens with one attached hydrogen (secondary N) is 1. The first-order valence-corrected chi connectivity index (χ1v) is 12.0. The summed E-state index contributed by atoms with van der Waals surface area (Å²) in [6.07, 6.45) is 3.71. The number of guanidine groups is 1. The van der Waals surface area contributed by atoms with Crippen molar-refractivity contribution in [3.05, 3.63) is 54.4 Å². The Labute approximate surface area is 203 Å². The molecule has 172 valence electrons. The van der Waals surface area contributed by atoms with Crippen LogP contribution in [0.15, 0.2) is 58.5 Å². The molecule has 2 heterocycles. The average Bonchev–Trinajstić information content (AvgIpc) is 3.16. The zero-order valence-corrected chi connectivity index (χ0v) is 21.7. The first-order valence-electron chi connectivity index (χ1n) is 10.6. The molecule has 2 aromatic rings. The second-order valence-electron chi connectivity index (χ2n) is 7.82. The number of aromatic nitrogens is 1. The van der Waals surface area contributed by atoms with Gasteiger partial charge in [0.05, 0.1) is 11.4 Å². The lowest BCUT2D eigenvalue weighted by Gasteiger charge is -2.31. The minimum absolute atomic E-state index is 0. The van der Waals surface area contributed by atoms with Crippen molar-refractivity contribution in [3.63, 3.8) is 0 Å². The standard InChI is InChI=1S/C22H33N5O2S.HI/c1-4-23-22(26(3)18-20-9-8-14-25(20)2)24-17-19-12-15-27(16-13-19)30(28,29)21-10-6-5-7-11-21;/h5-11,14,19H,4,12-13,15-18H2,1-3H3,(H,23,24);1H. The summed E-state index contributed by atoms with van der Waals surface area (Å²) in [6.45, 7) is 5.46. The number of sulfonamides is 1. The van der Waals surface area contributed by atoms with Crippen molar-refractivity contribution in [3.8, 4) is 0 Å². The van der Waals surface area contributed by atoms with E-state index in [0.29, 0.717) is 30.4 Å². The Kier molecular flexibility index (Phi) is 9.83. The Morgan fingerprint density at radius 2 is 1.84 bits per heavy atom. The van der Waals surface area contributed by atoms with E-state index in [2.05, 4.69) is 27.8 Å². The maximum absolute atomic E-state index is 12.8. The van der Waals surface area contributed by atoms with Gasteiger partial charge in [0.2, 0.25) is 10.0 Å². The number of aliphatic imine (C=N–C) groups is 1. The number of hydrogen-bond acceptors (Lipinski definition) is 3. The van der Waals surface area contributed by atoms with Crippen molar-refractivity contribution < 1.29 is 8.42 Å². The predicted molar refractivity (Wildman–Crippen MR) is 136 cm³/mol. The molecule has 0 amide bonds. The van der Waals surface area contributed by atoms with Gasteiger partial charge >= 0.3 is 0 Å². The minimum atomic E-state index is -3.40. The van der Waals surface area contributed by atoms with Crippen molar-refractivity contribution in [1.82, 2.24) is 19.1 Å². The number of rotatable bonds is 7. The summed E-state index contributed by atoms with van der Waals surface area (Å²) in [7, 11) is 0.694. The Morgan fingerprint density at radius 3 is 2.42 bits per heavy atom. The molecule has 1 aliphatic heterocycles. The van der Waals surface area contributed by atoms with E-state index in [1.54, 1.807) is 28.6 Å². The van der Waals surface area contributed by atoms with Gasteiger partial charge in [-0.3, -0.25) is 4.99 Å². The third-order valence-corrected chi connectivity index (χ3v) is 7.51. The lowest BCUT2D eigenvalue weighted by atomic mass is 9.98. The van der Waals surface area contributed by atoms with E-state index in [-0.39, 0.29) is 24.0 Å². The predicted octanol–water partition coefficient (Wildman–Crippen LogP) is 3.14. The molecule has 1 aromatic heterocycles. The SMILES string of the molecule is CCNC(=NCC1CCN(S(=O)(=O)c2ccccc2)CC1)N(C)Cc1cccn1C.I. The first-order chi connectivity index (χ1) is 14.4. The Balaban J connectivity index is 0.00000341. The molecule has 0 bridgehead atoms. The van der Waals surface area contributed by atoms with Gasteiger partial charge in [0.1, 0.15) is 0 Å². The molecule has 31 heavy (non-hydrogen) atoms. The molecule has 1 aromatic carbocycles. The fourth-order valence-electron chi connectivity index (χ4n) is 3.74. The van der Waals surface area contributed by atoms with Crippen LogP contribution in [0.1, 0.15) is 25.5 Å². The van der Waals surface area contributed by atoms with E-state index in [1.807, 2.05) is 32.4 Å². The highest BCUT2D eigenvalue weighted by Crippen LogP contribution is 2.24. The number of nitrogens with zero attached hydrogens (tertiary/aromatic N) is 4. The van der Waals surface area contributed by atoms with E-state index in [0.717, 1.165) is 31.9 Å². The van der Waals surface area contributed by atoms with Gasteiger partial charge in [-0.1, -0.05) is 18.2 Å². The van der Waals surface area contributed by atoms with Crippen LogP contribution in [0.2, 0.25) is 0 Å². The first kappa shape index (κ1) is 25.7. The van der Waals surface area contributed by atoms with E-state index in [4.69, 9.17) is 4.99 Å². The average molecular weight is 560 g/mol. The third-order valence-electron chi connectivity index (χ3n) is 5.60. The third kappa shape index (κ3) is 6.69. The molecule has 1 fully saturated rings. The molecule has 1 aliphatic rings. The fraction of sp³-hybridized carbons (Fsp3) is 0.500. The number of piperidine rings is 1. The molecule has 3 rings (SSSR count). The number of halogens is 1. The Hall–Kier alpha value is -1.59. The monoisotopic (exact) mass is 559 g/mol. The molecule has 0 spiro atoms. The Morgan fingerprint density at radius 1 is 1.16 bits per heavy atom. The van der Waals surface area contributed by atoms with Crippen LogP contribution in [-0.4, -0.2) is 61.4 Å². The van der Waals surface area contributed by atoms with Gasteiger partial charge in [-0.15, -0.1) is 24.0 Å². The highest BCUT2D eigenvalue weighted by molar-refractivity contribution is 14.0. The largest absolute Gasteiger partial charge is 0.357 e. The van der Waals surface area contributed by atoms with Gasteiger partial charge < -0.3 is 14.8 Å². The van der Waals surface area contributed by atoms with Crippen molar-refractivity contribution in [2.75, 3.05) is 33.2 Å². The van der Waals surface area contributed by atoms with Crippen molar-refractivity contribution in [1.29, 1.82) is 0 Å². The zero-order chi connectivity index (χ0) is 21.6. The molecule has 1 N–H and O–H groups in total. The van der Waals surface area contributed by atoms with Crippen LogP contribution in [0.4, 0.5) is 0 Å². The normalized spacial score (nSPS) is 16.0. The maximum Gasteiger partial charge on any atom is 0.243 e. The van der Waals surface area contributed by atoms with Crippen LogP contribution in [0.5, 0.6) is 0 Å². The molecule has 0 radical (unpaired) electrons. The molecule has 0 atom stereocenters. The minimum Gasteiger partial charge on any atom is -0.357 e. The zero-order valence-electron chi connectivity index (χ0n) is 18.6. The molecule has 7 nitrogen and oxygen atoms in total. The molecule has 0 aliphatic carbocycles. The van der Waals surface area contributed by atoms with Crippen LogP contribution in [0.25, 0.3) is 0 Å². The maximum atomic E-state index is 12.8. The highest BCUT2D eigenvalue weighted by atomic mass is 127. The van der Waals surface area contributed by atoms with Gasteiger partial charge in [-0.05, 0) is 49.9 Å².